The number of allylic oxidation sites excluding steroid dienone is 1. The van der Waals surface area contributed by atoms with Crippen LogP contribution in [0.1, 0.15) is 5.56 Å². The van der Waals surface area contributed by atoms with Gasteiger partial charge in [0.05, 0.1) is 19.5 Å². The first-order valence-electron chi connectivity index (χ1n) is 5.31. The molecular weight excluding hydrogens is 236 g/mol. The third-order valence-electron chi connectivity index (χ3n) is 2.67. The maximum atomic E-state index is 11.8. The first kappa shape index (κ1) is 12.0. The molecule has 0 aromatic heterocycles. The standard InChI is InChI=1S/C13H14O3S/c1-15-10-5-3-9(4-6-10)7-12-13(14)11(16-2)8-17-12/h3-6,8,12H,7H2,1-2H3. The lowest BCUT2D eigenvalue weighted by Gasteiger charge is -2.08. The minimum atomic E-state index is -0.0571. The smallest absolute Gasteiger partial charge is 0.211 e. The highest BCUT2D eigenvalue weighted by Crippen LogP contribution is 2.30. The summed E-state index contributed by atoms with van der Waals surface area (Å²) in [7, 11) is 3.17. The van der Waals surface area contributed by atoms with Gasteiger partial charge in [0, 0.05) is 5.41 Å². The van der Waals surface area contributed by atoms with Gasteiger partial charge in [0.25, 0.3) is 0 Å². The van der Waals surface area contributed by atoms with E-state index in [0.29, 0.717) is 5.76 Å². The Labute approximate surface area is 105 Å². The van der Waals surface area contributed by atoms with Crippen molar-refractivity contribution >= 4 is 17.5 Å². The van der Waals surface area contributed by atoms with Crippen LogP contribution < -0.4 is 4.74 Å². The van der Waals surface area contributed by atoms with Gasteiger partial charge in [-0.15, -0.1) is 11.8 Å². The molecule has 0 radical (unpaired) electrons. The van der Waals surface area contributed by atoms with Crippen molar-refractivity contribution in [2.75, 3.05) is 14.2 Å². The van der Waals surface area contributed by atoms with Crippen molar-refractivity contribution in [2.24, 2.45) is 0 Å². The Morgan fingerprint density at radius 1 is 1.18 bits per heavy atom. The van der Waals surface area contributed by atoms with Crippen LogP contribution >= 0.6 is 11.8 Å². The SMILES string of the molecule is COC1=CSC(Cc2ccc(OC)cc2)C1=O. The van der Waals surface area contributed by atoms with Gasteiger partial charge in [-0.2, -0.15) is 0 Å². The zero-order valence-corrected chi connectivity index (χ0v) is 10.6. The fourth-order valence-electron chi connectivity index (χ4n) is 1.69. The average molecular weight is 250 g/mol. The molecular formula is C13H14O3S. The molecule has 2 rings (SSSR count). The number of Topliss-reactive ketones (excluding diaryl/α,β-unsaturated/α-hetero) is 1. The molecule has 0 bridgehead atoms. The van der Waals surface area contributed by atoms with Crippen molar-refractivity contribution in [1.29, 1.82) is 0 Å². The van der Waals surface area contributed by atoms with Crippen LogP contribution in [0, 0.1) is 0 Å². The zero-order chi connectivity index (χ0) is 12.3. The second-order valence-corrected chi connectivity index (χ2v) is 4.80. The highest BCUT2D eigenvalue weighted by atomic mass is 32.2. The molecule has 0 fully saturated rings. The van der Waals surface area contributed by atoms with Crippen LogP contribution in [-0.2, 0) is 16.0 Å². The summed E-state index contributed by atoms with van der Waals surface area (Å²) in [6.07, 6.45) is 0.719. The molecule has 3 nitrogen and oxygen atoms in total. The van der Waals surface area contributed by atoms with Crippen LogP contribution in [0.5, 0.6) is 5.75 Å². The summed E-state index contributed by atoms with van der Waals surface area (Å²) in [6, 6.07) is 7.78. The van der Waals surface area contributed by atoms with Crippen molar-refractivity contribution in [3.05, 3.63) is 41.0 Å². The molecule has 1 aliphatic heterocycles. The summed E-state index contributed by atoms with van der Waals surface area (Å²) in [5.41, 5.74) is 1.13. The largest absolute Gasteiger partial charge is 0.497 e. The second-order valence-electron chi connectivity index (χ2n) is 3.73. The maximum absolute atomic E-state index is 11.8. The van der Waals surface area contributed by atoms with Gasteiger partial charge in [0.2, 0.25) is 5.78 Å². The maximum Gasteiger partial charge on any atom is 0.211 e. The van der Waals surface area contributed by atoms with E-state index >= 15 is 0 Å². The van der Waals surface area contributed by atoms with Crippen molar-refractivity contribution in [1.82, 2.24) is 0 Å². The minimum Gasteiger partial charge on any atom is -0.497 e. The molecule has 0 saturated heterocycles. The number of carbonyl (C=O) groups is 1. The van der Waals surface area contributed by atoms with E-state index < -0.39 is 0 Å². The summed E-state index contributed by atoms with van der Waals surface area (Å²) in [6.45, 7) is 0. The number of benzene rings is 1. The summed E-state index contributed by atoms with van der Waals surface area (Å²) >= 11 is 1.52. The minimum absolute atomic E-state index is 0.0571. The highest BCUT2D eigenvalue weighted by Gasteiger charge is 2.28. The first-order valence-corrected chi connectivity index (χ1v) is 6.25. The van der Waals surface area contributed by atoms with Crippen LogP contribution in [0.25, 0.3) is 0 Å². The lowest BCUT2D eigenvalue weighted by molar-refractivity contribution is -0.117. The average Bonchev–Trinajstić information content (AvgIpc) is 2.71. The van der Waals surface area contributed by atoms with Gasteiger partial charge in [-0.05, 0) is 24.1 Å². The van der Waals surface area contributed by atoms with E-state index in [-0.39, 0.29) is 11.0 Å². The summed E-state index contributed by atoms with van der Waals surface area (Å²) in [4.78, 5) is 11.8. The molecule has 17 heavy (non-hydrogen) atoms. The van der Waals surface area contributed by atoms with Gasteiger partial charge in [0.1, 0.15) is 5.75 Å². The second kappa shape index (κ2) is 5.27. The number of rotatable bonds is 4. The number of carbonyl (C=O) groups excluding carboxylic acids is 1. The Bertz CT molecular complexity index is 436. The van der Waals surface area contributed by atoms with E-state index in [4.69, 9.17) is 9.47 Å². The molecule has 1 aromatic rings. The Balaban J connectivity index is 2.00. The van der Waals surface area contributed by atoms with Gasteiger partial charge in [0.15, 0.2) is 5.76 Å². The third kappa shape index (κ3) is 2.64. The predicted molar refractivity (Wildman–Crippen MR) is 68.2 cm³/mol. The fraction of sp³-hybridized carbons (Fsp3) is 0.308. The Morgan fingerprint density at radius 3 is 2.41 bits per heavy atom. The molecule has 1 atom stereocenters. The Morgan fingerprint density at radius 2 is 1.88 bits per heavy atom. The highest BCUT2D eigenvalue weighted by molar-refractivity contribution is 8.04. The zero-order valence-electron chi connectivity index (χ0n) is 9.80. The van der Waals surface area contributed by atoms with Crippen LogP contribution in [-0.4, -0.2) is 25.3 Å². The van der Waals surface area contributed by atoms with Crippen molar-refractivity contribution in [2.45, 2.75) is 11.7 Å². The summed E-state index contributed by atoms with van der Waals surface area (Å²) in [5.74, 6) is 1.37. The number of hydrogen-bond donors (Lipinski definition) is 0. The van der Waals surface area contributed by atoms with Gasteiger partial charge in [-0.25, -0.2) is 0 Å². The van der Waals surface area contributed by atoms with Crippen LogP contribution in [0.2, 0.25) is 0 Å². The molecule has 1 unspecified atom stereocenters. The van der Waals surface area contributed by atoms with Gasteiger partial charge < -0.3 is 9.47 Å². The normalized spacial score (nSPS) is 19.1. The van der Waals surface area contributed by atoms with E-state index in [9.17, 15) is 4.79 Å². The lowest BCUT2D eigenvalue weighted by atomic mass is 10.1. The number of thioether (sulfide) groups is 1. The van der Waals surface area contributed by atoms with E-state index in [1.54, 1.807) is 12.5 Å². The molecule has 0 spiro atoms. The molecule has 0 amide bonds. The molecule has 4 heteroatoms. The van der Waals surface area contributed by atoms with E-state index in [2.05, 4.69) is 0 Å². The van der Waals surface area contributed by atoms with Crippen molar-refractivity contribution < 1.29 is 14.3 Å². The molecule has 1 aliphatic rings. The number of ketones is 1. The Hall–Kier alpha value is -1.42. The monoisotopic (exact) mass is 250 g/mol. The van der Waals surface area contributed by atoms with Gasteiger partial charge in [-0.1, -0.05) is 12.1 Å². The molecule has 0 N–H and O–H groups in total. The van der Waals surface area contributed by atoms with Crippen molar-refractivity contribution in [3.63, 3.8) is 0 Å². The van der Waals surface area contributed by atoms with Crippen LogP contribution in [0.15, 0.2) is 35.4 Å². The molecule has 0 saturated carbocycles. The predicted octanol–water partition coefficient (Wildman–Crippen LogP) is 2.41. The summed E-state index contributed by atoms with van der Waals surface area (Å²) < 4.78 is 10.1. The molecule has 1 heterocycles. The van der Waals surface area contributed by atoms with Crippen LogP contribution in [0.3, 0.4) is 0 Å². The quantitative estimate of drug-likeness (QED) is 0.822. The Kier molecular flexibility index (Phi) is 3.74. The van der Waals surface area contributed by atoms with E-state index in [0.717, 1.165) is 17.7 Å². The first-order chi connectivity index (χ1) is 8.24. The van der Waals surface area contributed by atoms with Gasteiger partial charge in [-0.3, -0.25) is 4.79 Å². The van der Waals surface area contributed by atoms with Crippen molar-refractivity contribution in [3.8, 4) is 5.75 Å². The number of methoxy groups -OCH3 is 2. The van der Waals surface area contributed by atoms with Crippen LogP contribution in [0.4, 0.5) is 0 Å². The molecule has 0 aliphatic carbocycles. The van der Waals surface area contributed by atoms with E-state index in [1.165, 1.54) is 18.9 Å². The third-order valence-corrected chi connectivity index (χ3v) is 3.73. The topological polar surface area (TPSA) is 35.5 Å². The molecule has 90 valence electrons. The fourth-order valence-corrected chi connectivity index (χ4v) is 2.72. The number of hydrogen-bond acceptors (Lipinski definition) is 4. The summed E-state index contributed by atoms with van der Waals surface area (Å²) in [5, 5.41) is 1.73. The number of ether oxygens (including phenoxy) is 2. The van der Waals surface area contributed by atoms with E-state index in [1.807, 2.05) is 24.3 Å². The van der Waals surface area contributed by atoms with Gasteiger partial charge >= 0.3 is 0 Å². The molecule has 1 aromatic carbocycles. The lowest BCUT2D eigenvalue weighted by Crippen LogP contribution is -2.17.